The smallest absolute Gasteiger partial charge is 0.322 e. The molecular weight excluding hydrogens is 274 g/mol. The maximum absolute atomic E-state index is 5.17. The normalized spacial score (nSPS) is 18.5. The van der Waals surface area contributed by atoms with Crippen molar-refractivity contribution in [2.75, 3.05) is 42.7 Å². The SMILES string of the molecule is CCNc1nc(OC)nc(N2CCSC(C)(C)CC2)n1. The zero-order chi connectivity index (χ0) is 14.6. The van der Waals surface area contributed by atoms with Crippen molar-refractivity contribution in [3.05, 3.63) is 0 Å². The van der Waals surface area contributed by atoms with Gasteiger partial charge in [-0.15, -0.1) is 0 Å². The molecular formula is C13H23N5OS. The Morgan fingerprint density at radius 2 is 2.10 bits per heavy atom. The van der Waals surface area contributed by atoms with Gasteiger partial charge in [-0.3, -0.25) is 0 Å². The molecule has 0 bridgehead atoms. The minimum Gasteiger partial charge on any atom is -0.467 e. The molecule has 0 amide bonds. The number of rotatable bonds is 4. The molecule has 0 unspecified atom stereocenters. The number of thioether (sulfide) groups is 1. The van der Waals surface area contributed by atoms with E-state index in [2.05, 4.69) is 39.0 Å². The average Bonchev–Trinajstić information content (AvgIpc) is 2.59. The van der Waals surface area contributed by atoms with Gasteiger partial charge in [0.05, 0.1) is 7.11 Å². The standard InChI is InChI=1S/C13H23N5OS/c1-5-14-10-15-11(17-12(16-10)19-4)18-7-6-13(2,3)20-9-8-18/h5-9H2,1-4H3,(H,14,15,16,17). The maximum Gasteiger partial charge on any atom is 0.322 e. The minimum atomic E-state index is 0.316. The Kier molecular flexibility index (Phi) is 4.91. The van der Waals surface area contributed by atoms with E-state index in [0.717, 1.165) is 31.8 Å². The van der Waals surface area contributed by atoms with Crippen molar-refractivity contribution >= 4 is 23.7 Å². The van der Waals surface area contributed by atoms with Crippen LogP contribution < -0.4 is 15.0 Å². The lowest BCUT2D eigenvalue weighted by atomic mass is 10.1. The van der Waals surface area contributed by atoms with Crippen LogP contribution in [0, 0.1) is 0 Å². The lowest BCUT2D eigenvalue weighted by molar-refractivity contribution is 0.378. The highest BCUT2D eigenvalue weighted by molar-refractivity contribution is 8.00. The Balaban J connectivity index is 2.20. The fourth-order valence-corrected chi connectivity index (χ4v) is 3.14. The van der Waals surface area contributed by atoms with Crippen LogP contribution >= 0.6 is 11.8 Å². The van der Waals surface area contributed by atoms with Crippen molar-refractivity contribution in [2.45, 2.75) is 31.9 Å². The van der Waals surface area contributed by atoms with E-state index >= 15 is 0 Å². The molecule has 0 atom stereocenters. The van der Waals surface area contributed by atoms with E-state index in [0.29, 0.717) is 22.7 Å². The number of nitrogens with zero attached hydrogens (tertiary/aromatic N) is 4. The highest BCUT2D eigenvalue weighted by Gasteiger charge is 2.25. The molecule has 0 aliphatic carbocycles. The Labute approximate surface area is 124 Å². The Hall–Kier alpha value is -1.24. The first-order valence-electron chi connectivity index (χ1n) is 6.97. The van der Waals surface area contributed by atoms with Gasteiger partial charge in [0, 0.05) is 30.1 Å². The van der Waals surface area contributed by atoms with Gasteiger partial charge >= 0.3 is 6.01 Å². The van der Waals surface area contributed by atoms with E-state index in [4.69, 9.17) is 4.74 Å². The largest absolute Gasteiger partial charge is 0.467 e. The summed E-state index contributed by atoms with van der Waals surface area (Å²) in [6, 6.07) is 0.363. The Morgan fingerprint density at radius 3 is 2.80 bits per heavy atom. The van der Waals surface area contributed by atoms with E-state index in [9.17, 15) is 0 Å². The molecule has 6 nitrogen and oxygen atoms in total. The number of nitrogens with one attached hydrogen (secondary N) is 1. The number of hydrogen-bond donors (Lipinski definition) is 1. The minimum absolute atomic E-state index is 0.316. The van der Waals surface area contributed by atoms with Gasteiger partial charge in [-0.2, -0.15) is 26.7 Å². The lowest BCUT2D eigenvalue weighted by Crippen LogP contribution is -2.29. The zero-order valence-electron chi connectivity index (χ0n) is 12.6. The van der Waals surface area contributed by atoms with Crippen LogP contribution in [0.25, 0.3) is 0 Å². The van der Waals surface area contributed by atoms with E-state index < -0.39 is 0 Å². The maximum atomic E-state index is 5.17. The number of anilines is 2. The van der Waals surface area contributed by atoms with Crippen LogP contribution in [0.4, 0.5) is 11.9 Å². The second-order valence-corrected chi connectivity index (χ2v) is 7.12. The van der Waals surface area contributed by atoms with E-state index in [-0.39, 0.29) is 0 Å². The van der Waals surface area contributed by atoms with Crippen molar-refractivity contribution in [3.63, 3.8) is 0 Å². The van der Waals surface area contributed by atoms with Gasteiger partial charge in [0.1, 0.15) is 0 Å². The molecule has 2 heterocycles. The summed E-state index contributed by atoms with van der Waals surface area (Å²) >= 11 is 2.00. The quantitative estimate of drug-likeness (QED) is 0.912. The summed E-state index contributed by atoms with van der Waals surface area (Å²) in [5.74, 6) is 2.36. The van der Waals surface area contributed by atoms with Gasteiger partial charge in [0.15, 0.2) is 0 Å². The first-order chi connectivity index (χ1) is 9.54. The first-order valence-corrected chi connectivity index (χ1v) is 7.95. The third-order valence-electron chi connectivity index (χ3n) is 3.24. The van der Waals surface area contributed by atoms with Crippen LogP contribution in [0.1, 0.15) is 27.2 Å². The van der Waals surface area contributed by atoms with Crippen LogP contribution in [0.3, 0.4) is 0 Å². The van der Waals surface area contributed by atoms with Crippen LogP contribution in [0.2, 0.25) is 0 Å². The third kappa shape index (κ3) is 3.88. The molecule has 0 spiro atoms. The van der Waals surface area contributed by atoms with Crippen LogP contribution in [0.15, 0.2) is 0 Å². The molecule has 2 rings (SSSR count). The molecule has 7 heteroatoms. The molecule has 1 aliphatic rings. The Morgan fingerprint density at radius 1 is 1.30 bits per heavy atom. The van der Waals surface area contributed by atoms with Crippen LogP contribution in [-0.4, -0.2) is 52.2 Å². The molecule has 1 fully saturated rings. The van der Waals surface area contributed by atoms with Crippen molar-refractivity contribution in [1.29, 1.82) is 0 Å². The fraction of sp³-hybridized carbons (Fsp3) is 0.769. The molecule has 1 aromatic heterocycles. The molecule has 1 aromatic rings. The van der Waals surface area contributed by atoms with Crippen molar-refractivity contribution < 1.29 is 4.74 Å². The van der Waals surface area contributed by atoms with Crippen molar-refractivity contribution in [1.82, 2.24) is 15.0 Å². The molecule has 0 saturated carbocycles. The molecule has 1 aliphatic heterocycles. The summed E-state index contributed by atoms with van der Waals surface area (Å²) in [6.07, 6.45) is 1.11. The zero-order valence-corrected chi connectivity index (χ0v) is 13.5. The fourth-order valence-electron chi connectivity index (χ4n) is 2.04. The first kappa shape index (κ1) is 15.2. The second-order valence-electron chi connectivity index (χ2n) is 5.32. The average molecular weight is 297 g/mol. The number of aromatic nitrogens is 3. The third-order valence-corrected chi connectivity index (χ3v) is 4.61. The molecule has 1 N–H and O–H groups in total. The summed E-state index contributed by atoms with van der Waals surface area (Å²) in [5.41, 5.74) is 0. The summed E-state index contributed by atoms with van der Waals surface area (Å²) in [4.78, 5) is 15.3. The molecule has 0 radical (unpaired) electrons. The van der Waals surface area contributed by atoms with Gasteiger partial charge in [0.25, 0.3) is 0 Å². The van der Waals surface area contributed by atoms with E-state index in [1.165, 1.54) is 0 Å². The predicted molar refractivity (Wildman–Crippen MR) is 83.9 cm³/mol. The lowest BCUT2D eigenvalue weighted by Gasteiger charge is -2.23. The van der Waals surface area contributed by atoms with E-state index in [1.54, 1.807) is 7.11 Å². The van der Waals surface area contributed by atoms with Crippen LogP contribution in [-0.2, 0) is 0 Å². The molecule has 1 saturated heterocycles. The summed E-state index contributed by atoms with van der Waals surface area (Å²) in [7, 11) is 1.58. The summed E-state index contributed by atoms with van der Waals surface area (Å²) < 4.78 is 5.49. The number of ether oxygens (including phenoxy) is 1. The van der Waals surface area contributed by atoms with Crippen molar-refractivity contribution in [3.8, 4) is 6.01 Å². The highest BCUT2D eigenvalue weighted by atomic mass is 32.2. The molecule has 20 heavy (non-hydrogen) atoms. The van der Waals surface area contributed by atoms with Gasteiger partial charge in [-0.05, 0) is 13.3 Å². The number of methoxy groups -OCH3 is 1. The molecule has 112 valence electrons. The van der Waals surface area contributed by atoms with Gasteiger partial charge in [-0.25, -0.2) is 0 Å². The summed E-state index contributed by atoms with van der Waals surface area (Å²) in [5, 5.41) is 3.12. The predicted octanol–water partition coefficient (Wildman–Crippen LogP) is 2.03. The van der Waals surface area contributed by atoms with Gasteiger partial charge < -0.3 is 15.0 Å². The summed E-state index contributed by atoms with van der Waals surface area (Å²) in [6.45, 7) is 9.28. The van der Waals surface area contributed by atoms with E-state index in [1.807, 2.05) is 18.7 Å². The van der Waals surface area contributed by atoms with Crippen molar-refractivity contribution in [2.24, 2.45) is 0 Å². The number of hydrogen-bond acceptors (Lipinski definition) is 7. The molecule has 0 aromatic carbocycles. The monoisotopic (exact) mass is 297 g/mol. The Bertz CT molecular complexity index is 454. The topological polar surface area (TPSA) is 63.2 Å². The highest BCUT2D eigenvalue weighted by Crippen LogP contribution is 2.31. The second kappa shape index (κ2) is 6.47. The van der Waals surface area contributed by atoms with Gasteiger partial charge in [0.2, 0.25) is 11.9 Å². The van der Waals surface area contributed by atoms with Gasteiger partial charge in [-0.1, -0.05) is 13.8 Å². The van der Waals surface area contributed by atoms with Crippen LogP contribution in [0.5, 0.6) is 6.01 Å².